The molecule has 0 aliphatic carbocycles. The van der Waals surface area contributed by atoms with Crippen LogP contribution in [0.15, 0.2) is 62.5 Å². The van der Waals surface area contributed by atoms with Gasteiger partial charge < -0.3 is 4.74 Å². The highest BCUT2D eigenvalue weighted by Crippen LogP contribution is 2.41. The summed E-state index contributed by atoms with van der Waals surface area (Å²) in [6, 6.07) is 12.6. The lowest BCUT2D eigenvalue weighted by Gasteiger charge is -2.11. The SMILES string of the molecule is Cc1cccc(N=Cc2cc(Br)c(Oc3ccc([N+](=O)[O-])cc3[N+](=O)[O-])c(Br)c2)c1C. The van der Waals surface area contributed by atoms with Crippen molar-refractivity contribution in [3.05, 3.63) is 94.4 Å². The molecule has 8 nitrogen and oxygen atoms in total. The van der Waals surface area contributed by atoms with Crippen molar-refractivity contribution >= 4 is 55.1 Å². The molecule has 10 heteroatoms. The Hall–Kier alpha value is -3.11. The number of aryl methyl sites for hydroxylation is 1. The maximum absolute atomic E-state index is 11.3. The molecule has 0 bridgehead atoms. The molecule has 3 aromatic rings. The first-order valence-electron chi connectivity index (χ1n) is 8.87. The first-order valence-corrected chi connectivity index (χ1v) is 10.5. The number of aliphatic imine (C=N–C) groups is 1. The summed E-state index contributed by atoms with van der Waals surface area (Å²) >= 11 is 6.82. The number of non-ortho nitro benzene ring substituents is 1. The van der Waals surface area contributed by atoms with Crippen LogP contribution in [0.5, 0.6) is 11.5 Å². The minimum Gasteiger partial charge on any atom is -0.448 e. The van der Waals surface area contributed by atoms with E-state index in [1.807, 2.05) is 32.0 Å². The number of halogens is 2. The van der Waals surface area contributed by atoms with Crippen LogP contribution in [-0.4, -0.2) is 16.1 Å². The number of nitro groups is 2. The van der Waals surface area contributed by atoms with Crippen molar-refractivity contribution in [2.75, 3.05) is 0 Å². The third-order valence-corrected chi connectivity index (χ3v) is 5.69. The Balaban J connectivity index is 1.93. The Kier molecular flexibility index (Phi) is 6.81. The number of benzene rings is 3. The minimum absolute atomic E-state index is 0.117. The Morgan fingerprint density at radius 3 is 2.26 bits per heavy atom. The molecule has 0 unspecified atom stereocenters. The molecule has 0 amide bonds. The van der Waals surface area contributed by atoms with Gasteiger partial charge in [-0.25, -0.2) is 0 Å². The van der Waals surface area contributed by atoms with E-state index in [-0.39, 0.29) is 5.75 Å². The fourth-order valence-electron chi connectivity index (χ4n) is 2.73. The van der Waals surface area contributed by atoms with Gasteiger partial charge in [-0.15, -0.1) is 0 Å². The Morgan fingerprint density at radius 1 is 0.968 bits per heavy atom. The van der Waals surface area contributed by atoms with Crippen LogP contribution in [0.25, 0.3) is 0 Å². The molecule has 0 radical (unpaired) electrons. The van der Waals surface area contributed by atoms with Gasteiger partial charge >= 0.3 is 5.69 Å². The van der Waals surface area contributed by atoms with Gasteiger partial charge in [-0.05, 0) is 86.7 Å². The molecule has 31 heavy (non-hydrogen) atoms. The van der Waals surface area contributed by atoms with E-state index in [1.165, 1.54) is 6.07 Å². The maximum Gasteiger partial charge on any atom is 0.318 e. The summed E-state index contributed by atoms with van der Waals surface area (Å²) in [4.78, 5) is 25.4. The molecule has 0 saturated carbocycles. The molecule has 3 aromatic carbocycles. The zero-order valence-corrected chi connectivity index (χ0v) is 19.5. The monoisotopic (exact) mass is 547 g/mol. The van der Waals surface area contributed by atoms with Gasteiger partial charge in [-0.1, -0.05) is 12.1 Å². The zero-order chi connectivity index (χ0) is 22.7. The smallest absolute Gasteiger partial charge is 0.318 e. The highest BCUT2D eigenvalue weighted by atomic mass is 79.9. The van der Waals surface area contributed by atoms with Crippen molar-refractivity contribution in [1.82, 2.24) is 0 Å². The highest BCUT2D eigenvalue weighted by molar-refractivity contribution is 9.11. The topological polar surface area (TPSA) is 108 Å². The van der Waals surface area contributed by atoms with E-state index < -0.39 is 21.2 Å². The second-order valence-electron chi connectivity index (χ2n) is 6.56. The third kappa shape index (κ3) is 5.15. The summed E-state index contributed by atoms with van der Waals surface area (Å²) in [7, 11) is 0. The molecule has 0 aliphatic rings. The zero-order valence-electron chi connectivity index (χ0n) is 16.3. The van der Waals surface area contributed by atoms with E-state index in [2.05, 4.69) is 36.9 Å². The summed E-state index contributed by atoms with van der Waals surface area (Å²) in [5.74, 6) is 0.176. The van der Waals surface area contributed by atoms with E-state index in [0.29, 0.717) is 14.7 Å². The molecule has 0 heterocycles. The van der Waals surface area contributed by atoms with Crippen LogP contribution in [0.2, 0.25) is 0 Å². The predicted octanol–water partition coefficient (Wildman–Crippen LogP) is 7.19. The van der Waals surface area contributed by atoms with Crippen LogP contribution >= 0.6 is 31.9 Å². The molecule has 158 valence electrons. The van der Waals surface area contributed by atoms with Gasteiger partial charge in [-0.3, -0.25) is 25.2 Å². The number of nitro benzene ring substituents is 2. The molecular formula is C21H15Br2N3O5. The number of hydrogen-bond acceptors (Lipinski definition) is 6. The normalized spacial score (nSPS) is 11.0. The second kappa shape index (κ2) is 9.36. The molecule has 0 N–H and O–H groups in total. The van der Waals surface area contributed by atoms with Crippen molar-refractivity contribution in [2.45, 2.75) is 13.8 Å². The Bertz CT molecular complexity index is 1200. The molecule has 0 fully saturated rings. The number of hydrogen-bond donors (Lipinski definition) is 0. The summed E-state index contributed by atoms with van der Waals surface area (Å²) in [5, 5.41) is 22.3. The molecule has 0 aliphatic heterocycles. The maximum atomic E-state index is 11.3. The molecular weight excluding hydrogens is 534 g/mol. The lowest BCUT2D eigenvalue weighted by molar-refractivity contribution is -0.394. The van der Waals surface area contributed by atoms with Crippen LogP contribution in [0.3, 0.4) is 0 Å². The van der Waals surface area contributed by atoms with Gasteiger partial charge in [-0.2, -0.15) is 0 Å². The molecule has 0 spiro atoms. The second-order valence-corrected chi connectivity index (χ2v) is 8.27. The van der Waals surface area contributed by atoms with Gasteiger partial charge in [0.1, 0.15) is 0 Å². The van der Waals surface area contributed by atoms with Gasteiger partial charge in [0.05, 0.1) is 30.5 Å². The first kappa shape index (κ1) is 22.6. The first-order chi connectivity index (χ1) is 14.7. The number of ether oxygens (including phenoxy) is 1. The van der Waals surface area contributed by atoms with Crippen LogP contribution in [-0.2, 0) is 0 Å². The van der Waals surface area contributed by atoms with Crippen molar-refractivity contribution in [2.24, 2.45) is 4.99 Å². The predicted molar refractivity (Wildman–Crippen MR) is 125 cm³/mol. The van der Waals surface area contributed by atoms with E-state index in [9.17, 15) is 20.2 Å². The third-order valence-electron chi connectivity index (χ3n) is 4.51. The Labute approximate surface area is 194 Å². The fraction of sp³-hybridized carbons (Fsp3) is 0.0952. The largest absolute Gasteiger partial charge is 0.448 e. The van der Waals surface area contributed by atoms with E-state index in [0.717, 1.165) is 34.5 Å². The highest BCUT2D eigenvalue weighted by Gasteiger charge is 2.22. The summed E-state index contributed by atoms with van der Waals surface area (Å²) in [6.07, 6.45) is 1.70. The average Bonchev–Trinajstić information content (AvgIpc) is 2.71. The average molecular weight is 549 g/mol. The van der Waals surface area contributed by atoms with Crippen molar-refractivity contribution < 1.29 is 14.6 Å². The standard InChI is InChI=1S/C21H15Br2N3O5/c1-12-4-3-5-18(13(12)2)24-11-14-8-16(22)21(17(23)9-14)31-20-7-6-15(25(27)28)10-19(20)26(29)30/h3-11H,1-2H3. The fourth-order valence-corrected chi connectivity index (χ4v) is 4.11. The summed E-state index contributed by atoms with van der Waals surface area (Å²) < 4.78 is 6.77. The Morgan fingerprint density at radius 2 is 1.65 bits per heavy atom. The van der Waals surface area contributed by atoms with Crippen LogP contribution < -0.4 is 4.74 Å². The summed E-state index contributed by atoms with van der Waals surface area (Å²) in [5.41, 5.74) is 2.95. The van der Waals surface area contributed by atoms with Gasteiger partial charge in [0.2, 0.25) is 5.75 Å². The molecule has 0 aromatic heterocycles. The van der Waals surface area contributed by atoms with Crippen LogP contribution in [0, 0.1) is 34.1 Å². The van der Waals surface area contributed by atoms with Crippen molar-refractivity contribution in [3.8, 4) is 11.5 Å². The molecule has 3 rings (SSSR count). The summed E-state index contributed by atoms with van der Waals surface area (Å²) in [6.45, 7) is 4.02. The van der Waals surface area contributed by atoms with E-state index in [4.69, 9.17) is 4.74 Å². The molecule has 0 saturated heterocycles. The lowest BCUT2D eigenvalue weighted by Crippen LogP contribution is -1.97. The van der Waals surface area contributed by atoms with E-state index >= 15 is 0 Å². The van der Waals surface area contributed by atoms with Crippen LogP contribution in [0.4, 0.5) is 17.1 Å². The number of nitrogens with zero attached hydrogens (tertiary/aromatic N) is 3. The van der Waals surface area contributed by atoms with Gasteiger partial charge in [0.25, 0.3) is 5.69 Å². The van der Waals surface area contributed by atoms with Crippen LogP contribution in [0.1, 0.15) is 16.7 Å². The lowest BCUT2D eigenvalue weighted by atomic mass is 10.1. The van der Waals surface area contributed by atoms with Crippen molar-refractivity contribution in [3.63, 3.8) is 0 Å². The van der Waals surface area contributed by atoms with Crippen molar-refractivity contribution in [1.29, 1.82) is 0 Å². The quantitative estimate of drug-likeness (QED) is 0.184. The number of rotatable bonds is 6. The van der Waals surface area contributed by atoms with Gasteiger partial charge in [0, 0.05) is 12.3 Å². The van der Waals surface area contributed by atoms with E-state index in [1.54, 1.807) is 18.3 Å². The molecule has 0 atom stereocenters. The van der Waals surface area contributed by atoms with Gasteiger partial charge in [0.15, 0.2) is 5.75 Å². The minimum atomic E-state index is -0.727.